The van der Waals surface area contributed by atoms with Crippen LogP contribution in [-0.2, 0) is 9.59 Å². The van der Waals surface area contributed by atoms with Gasteiger partial charge in [-0.25, -0.2) is 0 Å². The zero-order chi connectivity index (χ0) is 14.3. The van der Waals surface area contributed by atoms with Crippen LogP contribution in [0, 0.1) is 41.9 Å². The smallest absolute Gasteiger partial charge is 0.305 e. The second kappa shape index (κ2) is 5.12. The number of amides is 1. The first kappa shape index (κ1) is 13.5. The van der Waals surface area contributed by atoms with Crippen molar-refractivity contribution in [1.82, 2.24) is 5.32 Å². The summed E-state index contributed by atoms with van der Waals surface area (Å²) in [5.74, 6) is 3.83. The Morgan fingerprint density at radius 3 is 2.15 bits per heavy atom. The average Bonchev–Trinajstić information content (AvgIpc) is 2.36. The van der Waals surface area contributed by atoms with Crippen molar-refractivity contribution < 1.29 is 14.7 Å². The minimum atomic E-state index is -0.860. The summed E-state index contributed by atoms with van der Waals surface area (Å²) >= 11 is 0. The van der Waals surface area contributed by atoms with E-state index < -0.39 is 11.9 Å². The first-order valence-electron chi connectivity index (χ1n) is 7.55. The summed E-state index contributed by atoms with van der Waals surface area (Å²) in [4.78, 5) is 22.6. The van der Waals surface area contributed by atoms with Crippen LogP contribution < -0.4 is 5.32 Å². The van der Waals surface area contributed by atoms with Crippen molar-refractivity contribution in [3.05, 3.63) is 0 Å². The molecular weight excluding hydrogens is 254 g/mol. The fraction of sp³-hybridized carbons (Fsp3) is 0.750. The van der Waals surface area contributed by atoms with Gasteiger partial charge in [-0.2, -0.15) is 0 Å². The molecule has 4 saturated carbocycles. The van der Waals surface area contributed by atoms with E-state index in [1.54, 1.807) is 0 Å². The van der Waals surface area contributed by atoms with Gasteiger partial charge in [-0.15, -0.1) is 6.42 Å². The Kier molecular flexibility index (Phi) is 3.45. The van der Waals surface area contributed by atoms with Gasteiger partial charge in [0.15, 0.2) is 0 Å². The molecule has 2 N–H and O–H groups in total. The third-order valence-corrected chi connectivity index (χ3v) is 5.61. The molecule has 1 atom stereocenters. The number of carbonyl (C=O) groups is 2. The van der Waals surface area contributed by atoms with E-state index in [1.165, 1.54) is 32.1 Å². The molecule has 4 aliphatic carbocycles. The molecule has 0 saturated heterocycles. The molecule has 20 heavy (non-hydrogen) atoms. The van der Waals surface area contributed by atoms with Gasteiger partial charge in [-0.3, -0.25) is 9.59 Å². The number of hydrogen-bond donors (Lipinski definition) is 2. The molecule has 1 unspecified atom stereocenters. The number of carbonyl (C=O) groups excluding carboxylic acids is 1. The number of terminal acetylenes is 1. The molecule has 4 nitrogen and oxygen atoms in total. The normalized spacial score (nSPS) is 39.0. The van der Waals surface area contributed by atoms with E-state index in [2.05, 4.69) is 5.32 Å². The summed E-state index contributed by atoms with van der Waals surface area (Å²) in [6, 6.07) is -0.300. The summed E-state index contributed by atoms with van der Waals surface area (Å²) in [6.45, 7) is 0. The van der Waals surface area contributed by atoms with Crippen molar-refractivity contribution >= 4 is 11.9 Å². The average molecular weight is 275 g/mol. The van der Waals surface area contributed by atoms with Crippen molar-refractivity contribution in [3.63, 3.8) is 0 Å². The maximum Gasteiger partial charge on any atom is 0.305 e. The van der Waals surface area contributed by atoms with Gasteiger partial charge in [0.2, 0.25) is 0 Å². The van der Waals surface area contributed by atoms with Crippen LogP contribution in [0.5, 0.6) is 0 Å². The van der Waals surface area contributed by atoms with E-state index in [1.807, 2.05) is 5.92 Å². The van der Waals surface area contributed by atoms with Crippen molar-refractivity contribution in [2.75, 3.05) is 0 Å². The van der Waals surface area contributed by atoms with E-state index in [0.29, 0.717) is 17.8 Å². The lowest BCUT2D eigenvalue weighted by Gasteiger charge is -2.56. The van der Waals surface area contributed by atoms with E-state index in [-0.39, 0.29) is 12.5 Å². The van der Waals surface area contributed by atoms with Crippen LogP contribution in [0.1, 0.15) is 38.5 Å². The molecule has 4 fully saturated rings. The second-order valence-electron chi connectivity index (χ2n) is 6.83. The molecular formula is C16H21NO3. The van der Waals surface area contributed by atoms with E-state index in [9.17, 15) is 9.59 Å². The van der Waals surface area contributed by atoms with Crippen LogP contribution in [0.25, 0.3) is 0 Å². The topological polar surface area (TPSA) is 66.4 Å². The van der Waals surface area contributed by atoms with Crippen LogP contribution >= 0.6 is 0 Å². The Bertz CT molecular complexity index is 437. The zero-order valence-electron chi connectivity index (χ0n) is 11.5. The first-order chi connectivity index (χ1) is 9.56. The maximum absolute atomic E-state index is 11.5. The Hall–Kier alpha value is -1.50. The van der Waals surface area contributed by atoms with Gasteiger partial charge in [-0.1, -0.05) is 0 Å². The summed E-state index contributed by atoms with van der Waals surface area (Å²) in [7, 11) is 0. The van der Waals surface area contributed by atoms with E-state index in [4.69, 9.17) is 11.5 Å². The van der Waals surface area contributed by atoms with Gasteiger partial charge in [0.1, 0.15) is 0 Å². The number of carboxylic acid groups (broad SMARTS) is 1. The number of nitrogens with one attached hydrogen (secondary N) is 1. The highest BCUT2D eigenvalue weighted by atomic mass is 16.4. The van der Waals surface area contributed by atoms with Crippen LogP contribution in [0.4, 0.5) is 0 Å². The van der Waals surface area contributed by atoms with Crippen LogP contribution in [0.2, 0.25) is 0 Å². The maximum atomic E-state index is 11.5. The van der Waals surface area contributed by atoms with Crippen LogP contribution in [0.15, 0.2) is 0 Å². The molecule has 1 amide bonds. The highest BCUT2D eigenvalue weighted by Crippen LogP contribution is 2.57. The van der Waals surface area contributed by atoms with Crippen molar-refractivity contribution in [3.8, 4) is 12.3 Å². The quantitative estimate of drug-likeness (QED) is 0.767. The molecule has 0 heterocycles. The standard InChI is InChI=1S/C16H21NO3/c1-2-14(18)17-13(8-15(19)20)16-11-4-9-3-10(6-11)7-12(16)5-9/h1,9-13,16H,3-8H2,(H,17,18)(H,19,20). The van der Waals surface area contributed by atoms with Gasteiger partial charge >= 0.3 is 5.97 Å². The molecule has 4 heteroatoms. The lowest BCUT2D eigenvalue weighted by Crippen LogP contribution is -2.54. The second-order valence-corrected chi connectivity index (χ2v) is 6.83. The summed E-state index contributed by atoms with van der Waals surface area (Å²) in [5.41, 5.74) is 0. The molecule has 0 aromatic rings. The number of aliphatic carboxylic acids is 1. The summed E-state index contributed by atoms with van der Waals surface area (Å²) in [6.07, 6.45) is 11.3. The van der Waals surface area contributed by atoms with Gasteiger partial charge in [0.05, 0.1) is 6.42 Å². The SMILES string of the molecule is C#CC(=O)NC(CC(=O)O)C1C2CC3CC(C2)CC1C3. The van der Waals surface area contributed by atoms with Gasteiger partial charge in [-0.05, 0) is 67.6 Å². The number of hydrogen-bond acceptors (Lipinski definition) is 2. The molecule has 0 aromatic heterocycles. The van der Waals surface area contributed by atoms with Gasteiger partial charge in [0, 0.05) is 6.04 Å². The Labute approximate surface area is 119 Å². The third-order valence-electron chi connectivity index (χ3n) is 5.61. The fourth-order valence-corrected chi connectivity index (χ4v) is 5.31. The third kappa shape index (κ3) is 2.42. The molecule has 0 aliphatic heterocycles. The lowest BCUT2D eigenvalue weighted by atomic mass is 9.50. The predicted molar refractivity (Wildman–Crippen MR) is 73.6 cm³/mol. The molecule has 4 rings (SSSR count). The molecule has 0 aromatic carbocycles. The van der Waals surface area contributed by atoms with Crippen molar-refractivity contribution in [1.29, 1.82) is 0 Å². The number of rotatable bonds is 4. The predicted octanol–water partition coefficient (Wildman–Crippen LogP) is 1.65. The molecule has 4 bridgehead atoms. The van der Waals surface area contributed by atoms with Gasteiger partial charge in [0.25, 0.3) is 5.91 Å². The van der Waals surface area contributed by atoms with Crippen molar-refractivity contribution in [2.45, 2.75) is 44.6 Å². The van der Waals surface area contributed by atoms with Crippen LogP contribution in [0.3, 0.4) is 0 Å². The van der Waals surface area contributed by atoms with E-state index >= 15 is 0 Å². The molecule has 4 aliphatic rings. The highest BCUT2D eigenvalue weighted by Gasteiger charge is 2.50. The van der Waals surface area contributed by atoms with E-state index in [0.717, 1.165) is 11.8 Å². The molecule has 108 valence electrons. The lowest BCUT2D eigenvalue weighted by molar-refractivity contribution is -0.139. The highest BCUT2D eigenvalue weighted by molar-refractivity contribution is 5.93. The zero-order valence-corrected chi connectivity index (χ0v) is 11.5. The van der Waals surface area contributed by atoms with Crippen LogP contribution in [-0.4, -0.2) is 23.0 Å². The Morgan fingerprint density at radius 1 is 1.15 bits per heavy atom. The number of carboxylic acids is 1. The minimum Gasteiger partial charge on any atom is -0.481 e. The van der Waals surface area contributed by atoms with Gasteiger partial charge < -0.3 is 10.4 Å². The fourth-order valence-electron chi connectivity index (χ4n) is 5.31. The summed E-state index contributed by atoms with van der Waals surface area (Å²) in [5, 5.41) is 11.9. The molecule has 0 radical (unpaired) electrons. The Morgan fingerprint density at radius 2 is 1.70 bits per heavy atom. The largest absolute Gasteiger partial charge is 0.481 e. The van der Waals surface area contributed by atoms with Crippen molar-refractivity contribution in [2.24, 2.45) is 29.6 Å². The Balaban J connectivity index is 1.78. The summed E-state index contributed by atoms with van der Waals surface area (Å²) < 4.78 is 0. The monoisotopic (exact) mass is 275 g/mol. The molecule has 0 spiro atoms. The minimum absolute atomic E-state index is 0.0135. The first-order valence-corrected chi connectivity index (χ1v) is 7.55.